The van der Waals surface area contributed by atoms with E-state index in [-0.39, 0.29) is 16.8 Å². The van der Waals surface area contributed by atoms with Crippen LogP contribution in [0.4, 0.5) is 11.4 Å². The van der Waals surface area contributed by atoms with E-state index in [1.165, 1.54) is 20.3 Å². The lowest BCUT2D eigenvalue weighted by molar-refractivity contribution is 0.0981. The van der Waals surface area contributed by atoms with Crippen molar-refractivity contribution in [1.29, 1.82) is 0 Å². The van der Waals surface area contributed by atoms with Gasteiger partial charge in [-0.2, -0.15) is 0 Å². The SMILES string of the molecule is COc1ccc(NS(=O)(=O)c2ccc3c(c2)C[C@@H](C)N3C(=O)c2ccccc2)c(OC)c1. The van der Waals surface area contributed by atoms with Crippen LogP contribution in [-0.2, 0) is 16.4 Å². The van der Waals surface area contributed by atoms with Gasteiger partial charge in [0.25, 0.3) is 15.9 Å². The van der Waals surface area contributed by atoms with Crippen molar-refractivity contribution in [3.05, 3.63) is 77.9 Å². The quantitative estimate of drug-likeness (QED) is 0.609. The molecule has 0 saturated heterocycles. The fourth-order valence-corrected chi connectivity index (χ4v) is 5.01. The highest BCUT2D eigenvalue weighted by Crippen LogP contribution is 2.36. The average Bonchev–Trinajstić information content (AvgIpc) is 3.14. The summed E-state index contributed by atoms with van der Waals surface area (Å²) in [5, 5.41) is 0. The first-order valence-electron chi connectivity index (χ1n) is 10.1. The maximum Gasteiger partial charge on any atom is 0.262 e. The van der Waals surface area contributed by atoms with Gasteiger partial charge in [-0.05, 0) is 61.4 Å². The first-order valence-corrected chi connectivity index (χ1v) is 11.6. The Morgan fingerprint density at radius 2 is 1.75 bits per heavy atom. The fourth-order valence-electron chi connectivity index (χ4n) is 3.89. The summed E-state index contributed by atoms with van der Waals surface area (Å²) in [4.78, 5) is 14.9. The molecule has 7 nitrogen and oxygen atoms in total. The average molecular weight is 453 g/mol. The molecule has 8 heteroatoms. The molecule has 0 fully saturated rings. The molecule has 0 bridgehead atoms. The molecule has 1 N–H and O–H groups in total. The number of carbonyl (C=O) groups excluding carboxylic acids is 1. The van der Waals surface area contributed by atoms with Crippen molar-refractivity contribution in [2.75, 3.05) is 23.8 Å². The van der Waals surface area contributed by atoms with Gasteiger partial charge in [-0.15, -0.1) is 0 Å². The summed E-state index contributed by atoms with van der Waals surface area (Å²) in [5.74, 6) is 0.801. The highest BCUT2D eigenvalue weighted by molar-refractivity contribution is 7.92. The number of nitrogens with zero attached hydrogens (tertiary/aromatic N) is 1. The topological polar surface area (TPSA) is 84.9 Å². The third kappa shape index (κ3) is 4.01. The number of sulfonamides is 1. The van der Waals surface area contributed by atoms with E-state index in [0.717, 1.165) is 11.3 Å². The van der Waals surface area contributed by atoms with Crippen molar-refractivity contribution in [2.45, 2.75) is 24.3 Å². The molecule has 0 radical (unpaired) electrons. The zero-order chi connectivity index (χ0) is 22.9. The second-order valence-electron chi connectivity index (χ2n) is 7.56. The van der Waals surface area contributed by atoms with Crippen LogP contribution in [0, 0.1) is 0 Å². The highest BCUT2D eigenvalue weighted by atomic mass is 32.2. The highest BCUT2D eigenvalue weighted by Gasteiger charge is 2.32. The summed E-state index contributed by atoms with van der Waals surface area (Å²) in [6.45, 7) is 1.95. The summed E-state index contributed by atoms with van der Waals surface area (Å²) in [6.07, 6.45) is 0.573. The number of amides is 1. The van der Waals surface area contributed by atoms with Crippen molar-refractivity contribution in [2.24, 2.45) is 0 Å². The molecule has 1 amide bonds. The Balaban J connectivity index is 1.63. The Morgan fingerprint density at radius 1 is 1.00 bits per heavy atom. The van der Waals surface area contributed by atoms with E-state index in [0.29, 0.717) is 29.2 Å². The number of nitrogens with one attached hydrogen (secondary N) is 1. The number of hydrogen-bond acceptors (Lipinski definition) is 5. The third-order valence-electron chi connectivity index (χ3n) is 5.47. The van der Waals surface area contributed by atoms with Crippen molar-refractivity contribution in [1.82, 2.24) is 0 Å². The van der Waals surface area contributed by atoms with Crippen LogP contribution < -0.4 is 19.1 Å². The summed E-state index contributed by atoms with van der Waals surface area (Å²) < 4.78 is 39.2. The van der Waals surface area contributed by atoms with Crippen LogP contribution in [0.2, 0.25) is 0 Å². The lowest BCUT2D eigenvalue weighted by Gasteiger charge is -2.23. The van der Waals surface area contributed by atoms with Crippen LogP contribution in [0.1, 0.15) is 22.8 Å². The Hall–Kier alpha value is -3.52. The van der Waals surface area contributed by atoms with Crippen LogP contribution >= 0.6 is 0 Å². The summed E-state index contributed by atoms with van der Waals surface area (Å²) >= 11 is 0. The largest absolute Gasteiger partial charge is 0.497 e. The first kappa shape index (κ1) is 21.7. The molecule has 3 aromatic carbocycles. The Morgan fingerprint density at radius 3 is 2.44 bits per heavy atom. The molecular weight excluding hydrogens is 428 g/mol. The minimum Gasteiger partial charge on any atom is -0.497 e. The van der Waals surface area contributed by atoms with Crippen LogP contribution in [0.5, 0.6) is 11.5 Å². The van der Waals surface area contributed by atoms with Gasteiger partial charge in [-0.25, -0.2) is 8.42 Å². The number of hydrogen-bond donors (Lipinski definition) is 1. The van der Waals surface area contributed by atoms with Gasteiger partial charge in [0.1, 0.15) is 11.5 Å². The minimum absolute atomic E-state index is 0.0784. The van der Waals surface area contributed by atoms with Crippen LogP contribution in [0.3, 0.4) is 0 Å². The minimum atomic E-state index is -3.87. The number of fused-ring (bicyclic) bond motifs is 1. The van der Waals surface area contributed by atoms with Crippen molar-refractivity contribution < 1.29 is 22.7 Å². The van der Waals surface area contributed by atoms with Gasteiger partial charge in [-0.3, -0.25) is 9.52 Å². The molecule has 32 heavy (non-hydrogen) atoms. The number of rotatable bonds is 6. The normalized spacial score (nSPS) is 15.2. The molecule has 1 atom stereocenters. The molecule has 166 valence electrons. The van der Waals surface area contributed by atoms with Gasteiger partial charge in [0.2, 0.25) is 0 Å². The van der Waals surface area contributed by atoms with Gasteiger partial charge < -0.3 is 14.4 Å². The van der Waals surface area contributed by atoms with Gasteiger partial charge in [-0.1, -0.05) is 18.2 Å². The molecule has 0 unspecified atom stereocenters. The van der Waals surface area contributed by atoms with Crippen molar-refractivity contribution in [3.63, 3.8) is 0 Å². The molecule has 0 aliphatic carbocycles. The molecule has 1 heterocycles. The molecule has 0 aromatic heterocycles. The van der Waals surface area contributed by atoms with E-state index >= 15 is 0 Å². The fraction of sp³-hybridized carbons (Fsp3) is 0.208. The second kappa shape index (κ2) is 8.55. The van der Waals surface area contributed by atoms with Gasteiger partial charge in [0.15, 0.2) is 0 Å². The van der Waals surface area contributed by atoms with Crippen molar-refractivity contribution >= 4 is 27.3 Å². The number of anilines is 2. The second-order valence-corrected chi connectivity index (χ2v) is 9.24. The van der Waals surface area contributed by atoms with Crippen LogP contribution in [0.15, 0.2) is 71.6 Å². The molecule has 0 saturated carbocycles. The lowest BCUT2D eigenvalue weighted by Crippen LogP contribution is -2.35. The summed E-state index contributed by atoms with van der Waals surface area (Å²) in [6, 6.07) is 18.7. The Bertz CT molecular complexity index is 1260. The monoisotopic (exact) mass is 452 g/mol. The van der Waals surface area contributed by atoms with E-state index in [1.54, 1.807) is 47.4 Å². The predicted octanol–water partition coefficient (Wildman–Crippen LogP) is 4.10. The Labute approximate surface area is 187 Å². The number of ether oxygens (including phenoxy) is 2. The Kier molecular flexibility index (Phi) is 5.80. The maximum atomic E-state index is 13.1. The van der Waals surface area contributed by atoms with Crippen LogP contribution in [0.25, 0.3) is 0 Å². The number of benzene rings is 3. The van der Waals surface area contributed by atoms with Crippen molar-refractivity contribution in [3.8, 4) is 11.5 Å². The van der Waals surface area contributed by atoms with Crippen LogP contribution in [-0.4, -0.2) is 34.6 Å². The number of methoxy groups -OCH3 is 2. The molecule has 4 rings (SSSR count). The predicted molar refractivity (Wildman–Crippen MR) is 123 cm³/mol. The van der Waals surface area contributed by atoms with E-state index in [2.05, 4.69) is 4.72 Å². The van der Waals surface area contributed by atoms with Gasteiger partial charge in [0, 0.05) is 23.4 Å². The first-order chi connectivity index (χ1) is 15.3. The van der Waals surface area contributed by atoms with E-state index in [4.69, 9.17) is 9.47 Å². The van der Waals surface area contributed by atoms with E-state index < -0.39 is 10.0 Å². The zero-order valence-electron chi connectivity index (χ0n) is 18.0. The molecule has 3 aromatic rings. The van der Waals surface area contributed by atoms with E-state index in [1.807, 2.05) is 25.1 Å². The molecule has 1 aliphatic rings. The van der Waals surface area contributed by atoms with E-state index in [9.17, 15) is 13.2 Å². The van der Waals surface area contributed by atoms with Gasteiger partial charge >= 0.3 is 0 Å². The zero-order valence-corrected chi connectivity index (χ0v) is 18.8. The summed E-state index contributed by atoms with van der Waals surface area (Å²) in [5.41, 5.74) is 2.44. The number of carbonyl (C=O) groups is 1. The molecule has 1 aliphatic heterocycles. The van der Waals surface area contributed by atoms with Gasteiger partial charge in [0.05, 0.1) is 24.8 Å². The smallest absolute Gasteiger partial charge is 0.262 e. The standard InChI is InChI=1S/C24H24N2O5S/c1-16-13-18-14-20(10-12-22(18)26(16)24(27)17-7-5-4-6-8-17)32(28,29)25-21-11-9-19(30-2)15-23(21)31-3/h4-12,14-16,25H,13H2,1-3H3/t16-/m1/s1. The molecular formula is C24H24N2O5S. The maximum absolute atomic E-state index is 13.1. The summed E-state index contributed by atoms with van der Waals surface area (Å²) in [7, 11) is -0.885. The molecule has 0 spiro atoms. The third-order valence-corrected chi connectivity index (χ3v) is 6.83. The lowest BCUT2D eigenvalue weighted by atomic mass is 10.1.